The summed E-state index contributed by atoms with van der Waals surface area (Å²) in [6.07, 6.45) is 9.68. The quantitative estimate of drug-likeness (QED) is 0.396. The molecular formula is C19H35IN4O. The fourth-order valence-electron chi connectivity index (χ4n) is 5.43. The van der Waals surface area contributed by atoms with Crippen LogP contribution in [0.15, 0.2) is 4.99 Å². The van der Waals surface area contributed by atoms with Gasteiger partial charge in [0.1, 0.15) is 0 Å². The number of hydrogen-bond donors (Lipinski definition) is 1. The number of nitrogens with one attached hydrogen (secondary N) is 1. The lowest BCUT2D eigenvalue weighted by molar-refractivity contribution is -0.168. The Hall–Kier alpha value is -0.0800. The van der Waals surface area contributed by atoms with Crippen LogP contribution < -0.4 is 5.32 Å². The Morgan fingerprint density at radius 1 is 1.20 bits per heavy atom. The second-order valence-electron chi connectivity index (χ2n) is 8.14. The third-order valence-electron chi connectivity index (χ3n) is 7.07. The van der Waals surface area contributed by atoms with Crippen LogP contribution in [-0.4, -0.2) is 73.8 Å². The molecule has 2 saturated carbocycles. The van der Waals surface area contributed by atoms with Gasteiger partial charge in [0.15, 0.2) is 5.96 Å². The van der Waals surface area contributed by atoms with Gasteiger partial charge in [-0.2, -0.15) is 0 Å². The molecule has 2 aliphatic carbocycles. The van der Waals surface area contributed by atoms with Crippen molar-refractivity contribution in [1.82, 2.24) is 15.1 Å². The molecule has 2 saturated heterocycles. The first-order valence-electron chi connectivity index (χ1n) is 10.1. The first-order chi connectivity index (χ1) is 11.8. The molecule has 4 fully saturated rings. The summed E-state index contributed by atoms with van der Waals surface area (Å²) in [4.78, 5) is 9.80. The van der Waals surface area contributed by atoms with Gasteiger partial charge in [0.2, 0.25) is 0 Å². The maximum Gasteiger partial charge on any atom is 0.193 e. The minimum atomic E-state index is 0. The highest BCUT2D eigenvalue weighted by molar-refractivity contribution is 14.0. The van der Waals surface area contributed by atoms with Crippen molar-refractivity contribution in [3.63, 3.8) is 0 Å². The lowest BCUT2D eigenvalue weighted by Gasteiger charge is -2.61. The lowest BCUT2D eigenvalue weighted by Crippen LogP contribution is -2.68. The van der Waals surface area contributed by atoms with Crippen molar-refractivity contribution < 1.29 is 4.74 Å². The van der Waals surface area contributed by atoms with Crippen molar-refractivity contribution in [1.29, 1.82) is 0 Å². The van der Waals surface area contributed by atoms with E-state index >= 15 is 0 Å². The van der Waals surface area contributed by atoms with E-state index in [-0.39, 0.29) is 24.0 Å². The predicted molar refractivity (Wildman–Crippen MR) is 113 cm³/mol. The van der Waals surface area contributed by atoms with Gasteiger partial charge < -0.3 is 15.0 Å². The molecule has 0 aromatic rings. The van der Waals surface area contributed by atoms with Gasteiger partial charge in [0.05, 0.1) is 6.10 Å². The zero-order valence-electron chi connectivity index (χ0n) is 15.9. The summed E-state index contributed by atoms with van der Waals surface area (Å²) in [5.41, 5.74) is 0.403. The van der Waals surface area contributed by atoms with Gasteiger partial charge in [-0.1, -0.05) is 6.42 Å². The van der Waals surface area contributed by atoms with E-state index in [0.29, 0.717) is 17.6 Å². The number of ether oxygens (including phenoxy) is 1. The minimum Gasteiger partial charge on any atom is -0.378 e. The third kappa shape index (κ3) is 3.55. The normalized spacial score (nSPS) is 34.6. The Balaban J connectivity index is 0.00000182. The molecule has 1 N–H and O–H groups in total. The van der Waals surface area contributed by atoms with E-state index in [2.05, 4.69) is 27.0 Å². The van der Waals surface area contributed by atoms with E-state index in [1.807, 2.05) is 7.05 Å². The summed E-state index contributed by atoms with van der Waals surface area (Å²) in [6.45, 7) is 7.86. The molecule has 4 rings (SSSR count). The van der Waals surface area contributed by atoms with Crippen molar-refractivity contribution in [2.45, 2.75) is 70.1 Å². The van der Waals surface area contributed by atoms with E-state index in [9.17, 15) is 0 Å². The van der Waals surface area contributed by atoms with Crippen molar-refractivity contribution in [2.24, 2.45) is 10.4 Å². The molecule has 25 heavy (non-hydrogen) atoms. The lowest BCUT2D eigenvalue weighted by atomic mass is 9.51. The number of hydrogen-bond acceptors (Lipinski definition) is 3. The molecule has 5 nitrogen and oxygen atoms in total. The summed E-state index contributed by atoms with van der Waals surface area (Å²) in [7, 11) is 1.94. The number of nitrogens with zero attached hydrogens (tertiary/aromatic N) is 3. The Morgan fingerprint density at radius 2 is 1.96 bits per heavy atom. The molecule has 0 radical (unpaired) electrons. The van der Waals surface area contributed by atoms with Crippen LogP contribution in [0.25, 0.3) is 0 Å². The zero-order chi connectivity index (χ0) is 16.6. The molecule has 0 aromatic carbocycles. The Morgan fingerprint density at radius 3 is 2.56 bits per heavy atom. The van der Waals surface area contributed by atoms with E-state index < -0.39 is 0 Å². The highest BCUT2D eigenvalue weighted by Gasteiger charge is 2.59. The molecule has 2 aliphatic heterocycles. The van der Waals surface area contributed by atoms with Gasteiger partial charge in [0.25, 0.3) is 0 Å². The molecule has 3 unspecified atom stereocenters. The topological polar surface area (TPSA) is 40.1 Å². The molecule has 0 aromatic heterocycles. The Bertz CT molecular complexity index is 476. The summed E-state index contributed by atoms with van der Waals surface area (Å²) in [5, 5.41) is 3.81. The standard InChI is InChI=1S/C19H34N4O.HI/c1-3-24-17-13-16(19(17)8-6-9-19)21-18(20-2)23-12-7-15(14-23)22-10-4-5-11-22;/h15-17H,3-14H2,1-2H3,(H,20,21);1H. The van der Waals surface area contributed by atoms with Gasteiger partial charge in [-0.15, -0.1) is 24.0 Å². The number of halogens is 1. The molecule has 2 heterocycles. The molecule has 6 heteroatoms. The van der Waals surface area contributed by atoms with Crippen LogP contribution in [0.4, 0.5) is 0 Å². The summed E-state index contributed by atoms with van der Waals surface area (Å²) < 4.78 is 5.99. The molecule has 1 spiro atoms. The van der Waals surface area contributed by atoms with Crippen LogP contribution >= 0.6 is 24.0 Å². The first kappa shape index (κ1) is 19.7. The van der Waals surface area contributed by atoms with Crippen LogP contribution in [0.5, 0.6) is 0 Å². The Kier molecular flexibility index (Phi) is 6.53. The monoisotopic (exact) mass is 462 g/mol. The fraction of sp³-hybridized carbons (Fsp3) is 0.947. The number of aliphatic imine (C=N–C) groups is 1. The highest BCUT2D eigenvalue weighted by Crippen LogP contribution is 2.57. The van der Waals surface area contributed by atoms with Crippen molar-refractivity contribution >= 4 is 29.9 Å². The van der Waals surface area contributed by atoms with E-state index in [0.717, 1.165) is 38.1 Å². The SMILES string of the molecule is CCOC1CC(NC(=NC)N2CCC(N3CCCC3)C2)C12CCC2.I. The largest absolute Gasteiger partial charge is 0.378 e. The van der Waals surface area contributed by atoms with Gasteiger partial charge in [-0.25, -0.2) is 0 Å². The van der Waals surface area contributed by atoms with E-state index in [1.165, 1.54) is 51.6 Å². The number of guanidine groups is 1. The van der Waals surface area contributed by atoms with Crippen LogP contribution in [0.1, 0.15) is 51.9 Å². The van der Waals surface area contributed by atoms with Crippen LogP contribution in [0.2, 0.25) is 0 Å². The Labute approximate surface area is 170 Å². The fourth-order valence-corrected chi connectivity index (χ4v) is 5.43. The molecule has 3 atom stereocenters. The third-order valence-corrected chi connectivity index (χ3v) is 7.07. The van der Waals surface area contributed by atoms with Crippen molar-refractivity contribution in [3.05, 3.63) is 0 Å². The molecule has 0 amide bonds. The highest BCUT2D eigenvalue weighted by atomic mass is 127. The van der Waals surface area contributed by atoms with Crippen LogP contribution in [0, 0.1) is 5.41 Å². The van der Waals surface area contributed by atoms with Crippen molar-refractivity contribution in [2.75, 3.05) is 39.8 Å². The van der Waals surface area contributed by atoms with E-state index in [4.69, 9.17) is 4.74 Å². The molecule has 0 bridgehead atoms. The zero-order valence-corrected chi connectivity index (χ0v) is 18.2. The van der Waals surface area contributed by atoms with Crippen LogP contribution in [-0.2, 0) is 4.74 Å². The van der Waals surface area contributed by atoms with Crippen LogP contribution in [0.3, 0.4) is 0 Å². The first-order valence-corrected chi connectivity index (χ1v) is 10.1. The van der Waals surface area contributed by atoms with Gasteiger partial charge in [-0.05, 0) is 58.5 Å². The van der Waals surface area contributed by atoms with Gasteiger partial charge >= 0.3 is 0 Å². The second-order valence-corrected chi connectivity index (χ2v) is 8.14. The average molecular weight is 462 g/mol. The molecule has 144 valence electrons. The maximum absolute atomic E-state index is 5.99. The van der Waals surface area contributed by atoms with E-state index in [1.54, 1.807) is 0 Å². The summed E-state index contributed by atoms with van der Waals surface area (Å²) in [6, 6.07) is 1.30. The van der Waals surface area contributed by atoms with Crippen molar-refractivity contribution in [3.8, 4) is 0 Å². The van der Waals surface area contributed by atoms with Gasteiger partial charge in [-0.3, -0.25) is 9.89 Å². The summed E-state index contributed by atoms with van der Waals surface area (Å²) in [5.74, 6) is 1.13. The summed E-state index contributed by atoms with van der Waals surface area (Å²) >= 11 is 0. The second kappa shape index (κ2) is 8.30. The molecule has 4 aliphatic rings. The minimum absolute atomic E-state index is 0. The predicted octanol–water partition coefficient (Wildman–Crippen LogP) is 2.70. The maximum atomic E-state index is 5.99. The smallest absolute Gasteiger partial charge is 0.193 e. The number of rotatable bonds is 4. The average Bonchev–Trinajstić information content (AvgIpc) is 3.19. The molecular weight excluding hydrogens is 427 g/mol. The van der Waals surface area contributed by atoms with Gasteiger partial charge in [0, 0.05) is 44.2 Å². The number of likely N-dealkylation sites (tertiary alicyclic amines) is 2.